The number of unbranched alkanes of at least 4 members (excludes halogenated alkanes) is 4. The zero-order chi connectivity index (χ0) is 38.2. The summed E-state index contributed by atoms with van der Waals surface area (Å²) in [6, 6.07) is 42.3. The largest absolute Gasteiger partial charge is 0.454 e. The summed E-state index contributed by atoms with van der Waals surface area (Å²) in [5.41, 5.74) is -1.11. The van der Waals surface area contributed by atoms with Crippen molar-refractivity contribution in [1.82, 2.24) is 0 Å². The maximum absolute atomic E-state index is 14.0. The average Bonchev–Trinajstić information content (AvgIpc) is 3.48. The molecular weight excluding hydrogens is 689 g/mol. The molecule has 2 atom stereocenters. The molecule has 1 N–H and O–H groups in total. The summed E-state index contributed by atoms with van der Waals surface area (Å²) in [5, 5.41) is 15.7. The fourth-order valence-electron chi connectivity index (χ4n) is 8.49. The first-order chi connectivity index (χ1) is 25.3. The van der Waals surface area contributed by atoms with Gasteiger partial charge in [0.25, 0.3) is 16.6 Å². The zero-order valence-electron chi connectivity index (χ0n) is 33.1. The van der Waals surface area contributed by atoms with Crippen LogP contribution >= 0.6 is 0 Å². The van der Waals surface area contributed by atoms with Gasteiger partial charge in [-0.2, -0.15) is 0 Å². The summed E-state index contributed by atoms with van der Waals surface area (Å²) < 4.78 is 21.6. The van der Waals surface area contributed by atoms with Gasteiger partial charge in [0.05, 0.1) is 25.2 Å². The number of hydrogen-bond donors (Lipinski definition) is 1. The minimum Gasteiger partial charge on any atom is -0.454 e. The molecule has 5 rings (SSSR count). The fraction of sp³-hybridized carbons (Fsp3) is 0.457. The van der Waals surface area contributed by atoms with Crippen LogP contribution in [0.5, 0.6) is 0 Å². The molecule has 1 saturated heterocycles. The zero-order valence-corrected chi connectivity index (χ0v) is 35.1. The predicted molar refractivity (Wildman–Crippen MR) is 223 cm³/mol. The smallest absolute Gasteiger partial charge is 0.312 e. The van der Waals surface area contributed by atoms with Crippen LogP contribution in [0.25, 0.3) is 0 Å². The lowest BCUT2D eigenvalue weighted by Gasteiger charge is -2.47. The van der Waals surface area contributed by atoms with E-state index in [9.17, 15) is 9.90 Å². The van der Waals surface area contributed by atoms with Crippen LogP contribution in [0.2, 0.25) is 10.1 Å². The van der Waals surface area contributed by atoms with Crippen LogP contribution in [0.3, 0.4) is 0 Å². The number of ether oxygens (including phenoxy) is 1. The van der Waals surface area contributed by atoms with Crippen LogP contribution in [0, 0.1) is 5.92 Å². The van der Waals surface area contributed by atoms with Crippen molar-refractivity contribution < 1.29 is 23.5 Å². The highest BCUT2D eigenvalue weighted by Gasteiger charge is 2.57. The van der Waals surface area contributed by atoms with Crippen LogP contribution in [0.4, 0.5) is 0 Å². The average molecular weight is 751 g/mol. The second-order valence-corrected chi connectivity index (χ2v) is 25.7. The van der Waals surface area contributed by atoms with Crippen molar-refractivity contribution in [1.29, 1.82) is 0 Å². The molecule has 0 saturated carbocycles. The lowest BCUT2D eigenvalue weighted by atomic mass is 9.89. The second-order valence-electron chi connectivity index (χ2n) is 17.1. The molecule has 0 radical (unpaired) electrons. The minimum absolute atomic E-state index is 0.157. The van der Waals surface area contributed by atoms with Gasteiger partial charge in [-0.3, -0.25) is 4.79 Å². The van der Waals surface area contributed by atoms with Crippen LogP contribution in [-0.4, -0.2) is 52.6 Å². The number of esters is 1. The monoisotopic (exact) mass is 750 g/mol. The van der Waals surface area contributed by atoms with E-state index in [0.717, 1.165) is 46.4 Å². The highest BCUT2D eigenvalue weighted by Crippen LogP contribution is 2.43. The highest BCUT2D eigenvalue weighted by molar-refractivity contribution is 7.00. The summed E-state index contributed by atoms with van der Waals surface area (Å²) in [7, 11) is -6.01. The first-order valence-corrected chi connectivity index (χ1v) is 23.5. The molecule has 0 aromatic heterocycles. The summed E-state index contributed by atoms with van der Waals surface area (Å²) in [4.78, 5) is 14.0. The molecule has 5 nitrogen and oxygen atoms in total. The number of rotatable bonds is 17. The topological polar surface area (TPSA) is 65.0 Å². The van der Waals surface area contributed by atoms with Gasteiger partial charge in [0.1, 0.15) is 0 Å². The number of cyclic esters (lactones) is 1. The van der Waals surface area contributed by atoms with Crippen LogP contribution < -0.4 is 20.7 Å². The lowest BCUT2D eigenvalue weighted by Crippen LogP contribution is -2.69. The molecule has 1 aliphatic rings. The molecule has 0 spiro atoms. The maximum Gasteiger partial charge on any atom is 0.312 e. The normalized spacial score (nSPS) is 17.1. The molecule has 2 unspecified atom stereocenters. The third-order valence-corrected chi connectivity index (χ3v) is 21.2. The van der Waals surface area contributed by atoms with E-state index in [1.807, 2.05) is 24.3 Å². The van der Waals surface area contributed by atoms with E-state index >= 15 is 0 Å². The molecule has 0 amide bonds. The summed E-state index contributed by atoms with van der Waals surface area (Å²) in [6.45, 7) is 16.1. The van der Waals surface area contributed by atoms with Crippen LogP contribution in [0.15, 0.2) is 121 Å². The van der Waals surface area contributed by atoms with Gasteiger partial charge in [0.15, 0.2) is 5.60 Å². The first kappa shape index (κ1) is 40.8. The molecule has 4 aromatic carbocycles. The van der Waals surface area contributed by atoms with E-state index in [1.54, 1.807) is 0 Å². The molecule has 1 heterocycles. The maximum atomic E-state index is 14.0. The third-order valence-electron chi connectivity index (χ3n) is 11.2. The standard InChI is InChI=1S/C46H62O5Si2/c1-8-9-10-11-24-33-42(47)41-34-46(51-43(41)48,35-49-52(44(2,3)4,37-25-16-12-17-26-37)38-27-18-13-19-28-38)36-50-53(45(5,6)7,39-29-20-14-21-30-39)40-31-22-15-23-32-40/h12-23,25-32,41-42,47H,8-11,24,33-36H2,1-7H3. The van der Waals surface area contributed by atoms with Gasteiger partial charge >= 0.3 is 5.97 Å². The molecule has 4 aromatic rings. The van der Waals surface area contributed by atoms with Gasteiger partial charge in [-0.1, -0.05) is 202 Å². The van der Waals surface area contributed by atoms with E-state index in [2.05, 4.69) is 146 Å². The molecule has 1 fully saturated rings. The lowest BCUT2D eigenvalue weighted by molar-refractivity contribution is -0.157. The van der Waals surface area contributed by atoms with Gasteiger partial charge < -0.3 is 18.7 Å². The quantitative estimate of drug-likeness (QED) is 0.0671. The van der Waals surface area contributed by atoms with Crippen molar-refractivity contribution >= 4 is 43.4 Å². The van der Waals surface area contributed by atoms with Gasteiger partial charge in [-0.15, -0.1) is 0 Å². The molecule has 7 heteroatoms. The Bertz CT molecular complexity index is 1520. The van der Waals surface area contributed by atoms with Crippen molar-refractivity contribution in [2.24, 2.45) is 5.92 Å². The van der Waals surface area contributed by atoms with Crippen molar-refractivity contribution in [2.75, 3.05) is 13.2 Å². The Kier molecular flexibility index (Phi) is 13.4. The van der Waals surface area contributed by atoms with Crippen molar-refractivity contribution in [3.63, 3.8) is 0 Å². The van der Waals surface area contributed by atoms with Crippen LogP contribution in [0.1, 0.15) is 93.4 Å². The molecular formula is C46H62O5Si2. The number of hydrogen-bond acceptors (Lipinski definition) is 5. The Morgan fingerprint density at radius 3 is 1.34 bits per heavy atom. The van der Waals surface area contributed by atoms with Crippen molar-refractivity contribution in [3.05, 3.63) is 121 Å². The summed E-state index contributed by atoms with van der Waals surface area (Å²) in [5.74, 6) is -1.00. The number of aliphatic hydroxyl groups excluding tert-OH is 1. The highest BCUT2D eigenvalue weighted by atomic mass is 28.4. The molecule has 0 bridgehead atoms. The Morgan fingerprint density at radius 1 is 0.642 bits per heavy atom. The van der Waals surface area contributed by atoms with E-state index in [0.29, 0.717) is 12.8 Å². The minimum atomic E-state index is -3.01. The Balaban J connectivity index is 1.59. The second kappa shape index (κ2) is 17.4. The Labute approximate surface area is 321 Å². The van der Waals surface area contributed by atoms with E-state index < -0.39 is 34.3 Å². The fourth-order valence-corrected chi connectivity index (χ4v) is 17.8. The van der Waals surface area contributed by atoms with E-state index in [-0.39, 0.29) is 29.3 Å². The number of benzene rings is 4. The predicted octanol–water partition coefficient (Wildman–Crippen LogP) is 8.16. The number of carbonyl (C=O) groups excluding carboxylic acids is 1. The van der Waals surface area contributed by atoms with Gasteiger partial charge in [-0.05, 0) is 37.2 Å². The van der Waals surface area contributed by atoms with Gasteiger partial charge in [0.2, 0.25) is 0 Å². The Hall–Kier alpha value is -3.34. The number of aliphatic hydroxyl groups is 1. The molecule has 1 aliphatic heterocycles. The molecule has 284 valence electrons. The van der Waals surface area contributed by atoms with Gasteiger partial charge in [-0.25, -0.2) is 0 Å². The van der Waals surface area contributed by atoms with Crippen molar-refractivity contribution in [2.45, 2.75) is 115 Å². The van der Waals surface area contributed by atoms with E-state index in [1.165, 1.54) is 6.42 Å². The molecule has 0 aliphatic carbocycles. The SMILES string of the molecule is CCCCCCCC(O)C1CC(CO[Si](c2ccccc2)(c2ccccc2)C(C)(C)C)(CO[Si](c2ccccc2)(c2ccccc2)C(C)(C)C)OC1=O. The van der Waals surface area contributed by atoms with Crippen LogP contribution in [-0.2, 0) is 18.4 Å². The third kappa shape index (κ3) is 8.81. The summed E-state index contributed by atoms with van der Waals surface area (Å²) in [6.07, 6.45) is 5.54. The summed E-state index contributed by atoms with van der Waals surface area (Å²) >= 11 is 0. The first-order valence-electron chi connectivity index (χ1n) is 19.7. The molecule has 53 heavy (non-hydrogen) atoms. The number of carbonyl (C=O) groups is 1. The van der Waals surface area contributed by atoms with Gasteiger partial charge in [0, 0.05) is 6.42 Å². The van der Waals surface area contributed by atoms with Crippen molar-refractivity contribution in [3.8, 4) is 0 Å². The van der Waals surface area contributed by atoms with E-state index in [4.69, 9.17) is 13.6 Å². The Morgan fingerprint density at radius 2 is 1.00 bits per heavy atom.